The third-order valence-corrected chi connectivity index (χ3v) is 5.82. The van der Waals surface area contributed by atoms with E-state index in [2.05, 4.69) is 10.3 Å². The van der Waals surface area contributed by atoms with Crippen LogP contribution in [0.15, 0.2) is 30.0 Å². The second kappa shape index (κ2) is 7.48. The summed E-state index contributed by atoms with van der Waals surface area (Å²) in [6, 6.07) is 5.95. The van der Waals surface area contributed by atoms with Crippen molar-refractivity contribution in [2.45, 2.75) is 31.8 Å². The van der Waals surface area contributed by atoms with Crippen LogP contribution >= 0.6 is 0 Å². The smallest absolute Gasteiger partial charge is 0.253 e. The first-order chi connectivity index (χ1) is 14.2. The van der Waals surface area contributed by atoms with Crippen LogP contribution in [0.1, 0.15) is 41.5 Å². The van der Waals surface area contributed by atoms with Gasteiger partial charge in [-0.15, -0.1) is 0 Å². The van der Waals surface area contributed by atoms with Crippen molar-refractivity contribution in [2.75, 3.05) is 26.8 Å². The number of nitrogens with one attached hydrogen (secondary N) is 1. The molecule has 1 aromatic heterocycles. The Morgan fingerprint density at radius 2 is 2.31 bits per heavy atom. The van der Waals surface area contributed by atoms with E-state index in [9.17, 15) is 4.79 Å². The summed E-state index contributed by atoms with van der Waals surface area (Å²) >= 11 is 0. The van der Waals surface area contributed by atoms with E-state index in [1.807, 2.05) is 35.4 Å². The molecule has 7 nitrogen and oxygen atoms in total. The second-order valence-corrected chi connectivity index (χ2v) is 7.66. The molecular formula is C22H24N4O3. The highest BCUT2D eigenvalue weighted by Gasteiger charge is 2.28. The number of methoxy groups -OCH3 is 1. The van der Waals surface area contributed by atoms with Crippen molar-refractivity contribution in [2.24, 2.45) is 0 Å². The fraction of sp³-hybridized carbons (Fsp3) is 0.409. The molecule has 0 spiro atoms. The summed E-state index contributed by atoms with van der Waals surface area (Å²) in [4.78, 5) is 24.3. The van der Waals surface area contributed by atoms with Crippen LogP contribution < -0.4 is 14.8 Å². The van der Waals surface area contributed by atoms with Gasteiger partial charge in [0, 0.05) is 36.8 Å². The molecule has 1 N–H and O–H groups in total. The molecule has 1 saturated heterocycles. The Kier molecular flexibility index (Phi) is 4.67. The van der Waals surface area contributed by atoms with Crippen molar-refractivity contribution in [1.29, 1.82) is 0 Å². The Bertz CT molecular complexity index is 982. The third-order valence-electron chi connectivity index (χ3n) is 5.82. The standard InChI is InChI=1S/C22H24N4O3/c1-28-19-6-2-4-14-10-15(13-29-20(14)19)22(27)26-9-7-17-16(12-26)11-24-21(25-17)18-5-3-8-23-18/h2,4,6,10-11,18,23H,3,5,7-9,12-13H2,1H3. The Morgan fingerprint density at radius 1 is 1.38 bits per heavy atom. The second-order valence-electron chi connectivity index (χ2n) is 7.66. The average Bonchev–Trinajstić information content (AvgIpc) is 3.32. The quantitative estimate of drug-likeness (QED) is 0.864. The first-order valence-electron chi connectivity index (χ1n) is 10.1. The van der Waals surface area contributed by atoms with Crippen LogP contribution in [0.5, 0.6) is 11.5 Å². The van der Waals surface area contributed by atoms with Crippen molar-refractivity contribution in [3.8, 4) is 11.5 Å². The van der Waals surface area contributed by atoms with Gasteiger partial charge in [-0.25, -0.2) is 9.97 Å². The molecule has 2 aromatic rings. The number of rotatable bonds is 3. The average molecular weight is 392 g/mol. The topological polar surface area (TPSA) is 76.6 Å². The van der Waals surface area contributed by atoms with Gasteiger partial charge >= 0.3 is 0 Å². The van der Waals surface area contributed by atoms with E-state index in [-0.39, 0.29) is 18.6 Å². The Morgan fingerprint density at radius 3 is 3.14 bits per heavy atom. The first-order valence-corrected chi connectivity index (χ1v) is 10.1. The highest BCUT2D eigenvalue weighted by molar-refractivity contribution is 5.99. The number of carbonyl (C=O) groups excluding carboxylic acids is 1. The number of amides is 1. The minimum absolute atomic E-state index is 0.00524. The van der Waals surface area contributed by atoms with Crippen molar-refractivity contribution in [3.63, 3.8) is 0 Å². The molecule has 1 atom stereocenters. The Balaban J connectivity index is 1.34. The zero-order valence-corrected chi connectivity index (χ0v) is 16.5. The van der Waals surface area contributed by atoms with Gasteiger partial charge in [-0.3, -0.25) is 4.79 Å². The number of fused-ring (bicyclic) bond motifs is 2. The molecule has 29 heavy (non-hydrogen) atoms. The van der Waals surface area contributed by atoms with Gasteiger partial charge in [-0.1, -0.05) is 12.1 Å². The molecule has 3 aliphatic heterocycles. The summed E-state index contributed by atoms with van der Waals surface area (Å²) < 4.78 is 11.2. The van der Waals surface area contributed by atoms with E-state index in [0.29, 0.717) is 30.2 Å². The van der Waals surface area contributed by atoms with Crippen molar-refractivity contribution in [1.82, 2.24) is 20.2 Å². The van der Waals surface area contributed by atoms with E-state index in [0.717, 1.165) is 42.0 Å². The van der Waals surface area contributed by atoms with Gasteiger partial charge in [-0.2, -0.15) is 0 Å². The van der Waals surface area contributed by atoms with Crippen LogP contribution in [0.25, 0.3) is 6.08 Å². The zero-order chi connectivity index (χ0) is 19.8. The van der Waals surface area contributed by atoms with Crippen LogP contribution in [0.2, 0.25) is 0 Å². The monoisotopic (exact) mass is 392 g/mol. The number of hydrogen-bond acceptors (Lipinski definition) is 6. The maximum absolute atomic E-state index is 13.1. The summed E-state index contributed by atoms with van der Waals surface area (Å²) in [5.41, 5.74) is 3.62. The van der Waals surface area contributed by atoms with Gasteiger partial charge in [0.25, 0.3) is 5.91 Å². The summed E-state index contributed by atoms with van der Waals surface area (Å²) in [7, 11) is 1.62. The molecule has 0 bridgehead atoms. The lowest BCUT2D eigenvalue weighted by Crippen LogP contribution is -2.39. The van der Waals surface area contributed by atoms with Crippen LogP contribution in [0.4, 0.5) is 0 Å². The predicted octanol–water partition coefficient (Wildman–Crippen LogP) is 2.27. The predicted molar refractivity (Wildman–Crippen MR) is 108 cm³/mol. The minimum Gasteiger partial charge on any atom is -0.493 e. The largest absolute Gasteiger partial charge is 0.493 e. The molecule has 0 saturated carbocycles. The van der Waals surface area contributed by atoms with Crippen LogP contribution in [0, 0.1) is 0 Å². The summed E-state index contributed by atoms with van der Waals surface area (Å²) in [6.45, 7) is 2.47. The maximum atomic E-state index is 13.1. The van der Waals surface area contributed by atoms with E-state index < -0.39 is 0 Å². The van der Waals surface area contributed by atoms with Gasteiger partial charge in [-0.05, 0) is 31.5 Å². The summed E-state index contributed by atoms with van der Waals surface area (Å²) in [5.74, 6) is 2.26. The molecule has 1 fully saturated rings. The number of nitrogens with zero attached hydrogens (tertiary/aromatic N) is 3. The van der Waals surface area contributed by atoms with Crippen LogP contribution in [0.3, 0.4) is 0 Å². The number of para-hydroxylation sites is 1. The molecule has 0 radical (unpaired) electrons. The fourth-order valence-corrected chi connectivity index (χ4v) is 4.25. The molecule has 4 heterocycles. The first kappa shape index (κ1) is 18.1. The van der Waals surface area contributed by atoms with Crippen molar-refractivity contribution < 1.29 is 14.3 Å². The SMILES string of the molecule is COc1cccc2c1OCC(C(=O)N1CCc3nc(C4CCCN4)ncc3C1)=C2. The third kappa shape index (κ3) is 3.35. The lowest BCUT2D eigenvalue weighted by molar-refractivity contribution is -0.128. The van der Waals surface area contributed by atoms with Gasteiger partial charge in [0.2, 0.25) is 0 Å². The molecule has 1 amide bonds. The number of hydrogen-bond donors (Lipinski definition) is 1. The van der Waals surface area contributed by atoms with Gasteiger partial charge < -0.3 is 19.7 Å². The van der Waals surface area contributed by atoms with Gasteiger partial charge in [0.15, 0.2) is 11.5 Å². The number of aromatic nitrogens is 2. The zero-order valence-electron chi connectivity index (χ0n) is 16.5. The van der Waals surface area contributed by atoms with E-state index >= 15 is 0 Å². The molecule has 5 rings (SSSR count). The van der Waals surface area contributed by atoms with Gasteiger partial charge in [0.05, 0.1) is 24.4 Å². The summed E-state index contributed by atoms with van der Waals surface area (Å²) in [5, 5.41) is 3.45. The summed E-state index contributed by atoms with van der Waals surface area (Å²) in [6.07, 6.45) is 6.80. The fourth-order valence-electron chi connectivity index (χ4n) is 4.25. The number of ether oxygens (including phenoxy) is 2. The van der Waals surface area contributed by atoms with Gasteiger partial charge in [0.1, 0.15) is 12.4 Å². The highest BCUT2D eigenvalue weighted by Crippen LogP contribution is 2.36. The molecule has 1 aromatic carbocycles. The lowest BCUT2D eigenvalue weighted by atomic mass is 10.0. The molecule has 1 unspecified atom stereocenters. The van der Waals surface area contributed by atoms with E-state index in [4.69, 9.17) is 14.5 Å². The molecule has 150 valence electrons. The molecule has 3 aliphatic rings. The number of benzene rings is 1. The Labute approximate surface area is 169 Å². The van der Waals surface area contributed by atoms with Crippen LogP contribution in [-0.2, 0) is 17.8 Å². The molecule has 0 aliphatic carbocycles. The highest BCUT2D eigenvalue weighted by atomic mass is 16.5. The van der Waals surface area contributed by atoms with Crippen LogP contribution in [-0.4, -0.2) is 47.6 Å². The van der Waals surface area contributed by atoms with Crippen molar-refractivity contribution >= 4 is 12.0 Å². The lowest BCUT2D eigenvalue weighted by Gasteiger charge is -2.30. The van der Waals surface area contributed by atoms with E-state index in [1.165, 1.54) is 6.42 Å². The normalized spacial score (nSPS) is 20.4. The minimum atomic E-state index is 0.00524. The van der Waals surface area contributed by atoms with E-state index in [1.54, 1.807) is 7.11 Å². The maximum Gasteiger partial charge on any atom is 0.253 e. The molecular weight excluding hydrogens is 368 g/mol. The number of carbonyl (C=O) groups is 1. The van der Waals surface area contributed by atoms with Crippen molar-refractivity contribution in [3.05, 3.63) is 52.6 Å². The Hall–Kier alpha value is -2.93. The molecule has 7 heteroatoms.